The third kappa shape index (κ3) is 55.9. The van der Waals surface area contributed by atoms with Gasteiger partial charge >= 0.3 is 26.2 Å². The first kappa shape index (κ1) is 26.6. The molecule has 0 saturated carbocycles. The summed E-state index contributed by atoms with van der Waals surface area (Å²) in [7, 11) is 0. The molecule has 0 aromatic heterocycles. The van der Waals surface area contributed by atoms with Crippen LogP contribution in [0.4, 0.5) is 0 Å². The van der Waals surface area contributed by atoms with Crippen molar-refractivity contribution in [2.45, 2.75) is 40.0 Å². The zero-order valence-electron chi connectivity index (χ0n) is 12.1. The fraction of sp³-hybridized carbons (Fsp3) is 0.643. The van der Waals surface area contributed by atoms with Gasteiger partial charge in [0.25, 0.3) is 0 Å². The molecule has 0 amide bonds. The minimum absolute atomic E-state index is 0. The van der Waals surface area contributed by atoms with Crippen molar-refractivity contribution >= 4 is 0 Å². The largest absolute Gasteiger partial charge is 4.00 e. The number of hydrogen-bond acceptors (Lipinski definition) is 0. The summed E-state index contributed by atoms with van der Waals surface area (Å²) in [5.74, 6) is 0. The van der Waals surface area contributed by atoms with Crippen LogP contribution in [-0.2, 0) is 26.2 Å². The molecule has 4 heteroatoms. The van der Waals surface area contributed by atoms with Gasteiger partial charge in [0.2, 0.25) is 0 Å². The maximum atomic E-state index is 6.45. The van der Waals surface area contributed by atoms with Crippen molar-refractivity contribution in [3.63, 3.8) is 0 Å². The van der Waals surface area contributed by atoms with Gasteiger partial charge in [0.15, 0.2) is 0 Å². The van der Waals surface area contributed by atoms with Gasteiger partial charge in [-0.1, -0.05) is 40.0 Å². The molecule has 3 N–H and O–H groups in total. The molecule has 0 aliphatic heterocycles. The van der Waals surface area contributed by atoms with E-state index in [2.05, 4.69) is 0 Å². The van der Waals surface area contributed by atoms with Crippen molar-refractivity contribution in [3.05, 3.63) is 47.5 Å². The van der Waals surface area contributed by atoms with Gasteiger partial charge < -0.3 is 17.2 Å². The second-order valence-electron chi connectivity index (χ2n) is 3.21. The maximum absolute atomic E-state index is 6.45. The molecule has 104 valence electrons. The van der Waals surface area contributed by atoms with Gasteiger partial charge in [-0.15, -0.1) is 0 Å². The molecule has 0 radical (unpaired) electrons. The van der Waals surface area contributed by atoms with Crippen molar-refractivity contribution < 1.29 is 26.2 Å². The predicted octanol–water partition coefficient (Wildman–Crippen LogP) is 5.75. The van der Waals surface area contributed by atoms with E-state index in [1.54, 1.807) is 0 Å². The molecular weight excluding hydrogens is 301 g/mol. The molecule has 0 aliphatic rings. The first-order valence-electron chi connectivity index (χ1n) is 6.35. The van der Waals surface area contributed by atoms with Crippen LogP contribution in [0.15, 0.2) is 30.3 Å². The summed E-state index contributed by atoms with van der Waals surface area (Å²) in [5.41, 5.74) is 19.4. The molecular formula is C14H29N3Zr. The van der Waals surface area contributed by atoms with Crippen molar-refractivity contribution in [3.8, 4) is 0 Å². The van der Waals surface area contributed by atoms with Gasteiger partial charge in [-0.05, 0) is 0 Å². The van der Waals surface area contributed by atoms with Gasteiger partial charge in [-0.25, -0.2) is 12.1 Å². The normalized spacial score (nSPS) is 7.22. The fourth-order valence-corrected chi connectivity index (χ4v) is 0.321. The summed E-state index contributed by atoms with van der Waals surface area (Å²) in [5, 5.41) is 0. The Morgan fingerprint density at radius 2 is 0.944 bits per heavy atom. The monoisotopic (exact) mass is 329 g/mol. The number of nitrogens with one attached hydrogen (secondary N) is 3. The second kappa shape index (κ2) is 36.0. The average Bonchev–Trinajstić information content (AvgIpc) is 2.98. The van der Waals surface area contributed by atoms with Crippen molar-refractivity contribution in [2.24, 2.45) is 0 Å². The molecule has 0 aliphatic carbocycles. The van der Waals surface area contributed by atoms with Gasteiger partial charge in [-0.3, -0.25) is 0 Å². The molecule has 3 nitrogen and oxygen atoms in total. The Hall–Kier alpha value is 0.113. The molecule has 18 heavy (non-hydrogen) atoms. The average molecular weight is 331 g/mol. The quantitative estimate of drug-likeness (QED) is 0.633. The number of hydrogen-bond donors (Lipinski definition) is 0. The van der Waals surface area contributed by atoms with E-state index < -0.39 is 0 Å². The van der Waals surface area contributed by atoms with Gasteiger partial charge in [0.05, 0.1) is 0 Å². The molecule has 0 spiro atoms. The zero-order valence-corrected chi connectivity index (χ0v) is 14.6. The minimum Gasteiger partial charge on any atom is -0.677 e. The molecule has 1 aromatic carbocycles. The van der Waals surface area contributed by atoms with E-state index in [-0.39, 0.29) is 26.2 Å². The van der Waals surface area contributed by atoms with Crippen LogP contribution in [0.2, 0.25) is 0 Å². The Balaban J connectivity index is -0.0000000719. The smallest absolute Gasteiger partial charge is 0.677 e. The van der Waals surface area contributed by atoms with Crippen LogP contribution in [0, 0.1) is 0 Å². The molecule has 0 fully saturated rings. The Bertz CT molecular complexity index is 123. The summed E-state index contributed by atoms with van der Waals surface area (Å²) >= 11 is 0. The second-order valence-corrected chi connectivity index (χ2v) is 3.21. The molecule has 0 atom stereocenters. The van der Waals surface area contributed by atoms with Crippen LogP contribution < -0.4 is 0 Å². The maximum Gasteiger partial charge on any atom is 4.00 e. The summed E-state index contributed by atoms with van der Waals surface area (Å²) < 4.78 is 0. The summed E-state index contributed by atoms with van der Waals surface area (Å²) in [6, 6.07) is 10.0. The third-order valence-electron chi connectivity index (χ3n) is 1.31. The molecule has 0 bridgehead atoms. The van der Waals surface area contributed by atoms with Crippen LogP contribution in [0.3, 0.4) is 0 Å². The van der Waals surface area contributed by atoms with Crippen LogP contribution in [-0.4, -0.2) is 19.6 Å². The SMILES string of the molecule is CCC[NH-].CCC[NH-].CCC[NH-].[Zr+4].c1cc[cH-]c1. The first-order chi connectivity index (χ1) is 8.24. The van der Waals surface area contributed by atoms with E-state index in [0.717, 1.165) is 19.3 Å². The molecule has 0 unspecified atom stereocenters. The summed E-state index contributed by atoms with van der Waals surface area (Å²) in [6.07, 6.45) is 2.96. The first-order valence-corrected chi connectivity index (χ1v) is 6.35. The van der Waals surface area contributed by atoms with Gasteiger partial charge in [-0.2, -0.15) is 37.8 Å². The molecule has 0 saturated heterocycles. The third-order valence-corrected chi connectivity index (χ3v) is 1.31. The Labute approximate surface area is 133 Å². The Kier molecular flexibility index (Phi) is 53.2. The standard InChI is InChI=1S/C5H5.3C3H8N.Zr/c1-2-4-5-3-1;3*1-2-3-4;/h1-5H;3*4H,2-3H2,1H3;/q4*-1;+4. The molecule has 1 aromatic rings. The fourth-order valence-electron chi connectivity index (χ4n) is 0.321. The topological polar surface area (TPSA) is 71.4 Å². The van der Waals surface area contributed by atoms with Crippen LogP contribution in [0.5, 0.6) is 0 Å². The van der Waals surface area contributed by atoms with Gasteiger partial charge in [0, 0.05) is 0 Å². The van der Waals surface area contributed by atoms with Crippen LogP contribution >= 0.6 is 0 Å². The summed E-state index contributed by atoms with van der Waals surface area (Å²) in [4.78, 5) is 0. The zero-order chi connectivity index (χ0) is 13.8. The van der Waals surface area contributed by atoms with Crippen molar-refractivity contribution in [2.75, 3.05) is 19.6 Å². The van der Waals surface area contributed by atoms with E-state index in [1.165, 1.54) is 0 Å². The van der Waals surface area contributed by atoms with Crippen LogP contribution in [0.1, 0.15) is 40.0 Å². The summed E-state index contributed by atoms with van der Waals surface area (Å²) in [6.45, 7) is 7.69. The van der Waals surface area contributed by atoms with Crippen LogP contribution in [0.25, 0.3) is 17.2 Å². The minimum atomic E-state index is 0. The van der Waals surface area contributed by atoms with E-state index in [9.17, 15) is 0 Å². The van der Waals surface area contributed by atoms with Gasteiger partial charge in [0.1, 0.15) is 0 Å². The Morgan fingerprint density at radius 1 is 0.722 bits per heavy atom. The van der Waals surface area contributed by atoms with Crippen molar-refractivity contribution in [1.82, 2.24) is 0 Å². The van der Waals surface area contributed by atoms with Crippen molar-refractivity contribution in [1.29, 1.82) is 0 Å². The van der Waals surface area contributed by atoms with E-state index in [0.29, 0.717) is 19.6 Å². The van der Waals surface area contributed by atoms with E-state index in [4.69, 9.17) is 17.2 Å². The van der Waals surface area contributed by atoms with E-state index in [1.807, 2.05) is 51.1 Å². The van der Waals surface area contributed by atoms with E-state index >= 15 is 0 Å². The molecule has 0 heterocycles. The predicted molar refractivity (Wildman–Crippen MR) is 80.5 cm³/mol. The Morgan fingerprint density at radius 3 is 1.00 bits per heavy atom. The number of rotatable bonds is 3. The molecule has 1 rings (SSSR count).